The van der Waals surface area contributed by atoms with Crippen LogP contribution in [0, 0.1) is 0 Å². The van der Waals surface area contributed by atoms with E-state index in [1.54, 1.807) is 0 Å². The van der Waals surface area contributed by atoms with Crippen molar-refractivity contribution in [2.24, 2.45) is 0 Å². The third-order valence-electron chi connectivity index (χ3n) is 7.50. The van der Waals surface area contributed by atoms with Gasteiger partial charge >= 0.3 is 0 Å². The van der Waals surface area contributed by atoms with Crippen molar-refractivity contribution in [1.29, 1.82) is 0 Å². The van der Waals surface area contributed by atoms with Crippen LogP contribution in [0.1, 0.15) is 0 Å². The maximum Gasteiger partial charge on any atom is 0.160 e. The highest BCUT2D eigenvalue weighted by Gasteiger charge is 2.16. The molecule has 0 radical (unpaired) electrons. The lowest BCUT2D eigenvalue weighted by Crippen LogP contribution is -1.96. The Morgan fingerprint density at radius 1 is 0.439 bits per heavy atom. The summed E-state index contributed by atoms with van der Waals surface area (Å²) in [5.41, 5.74) is 8.01. The molecular formula is C37H23N3S. The third kappa shape index (κ3) is 4.17. The van der Waals surface area contributed by atoms with Gasteiger partial charge in [-0.3, -0.25) is 0 Å². The van der Waals surface area contributed by atoms with Crippen LogP contribution in [0.15, 0.2) is 140 Å². The lowest BCUT2D eigenvalue weighted by molar-refractivity contribution is 1.18. The molecule has 5 aromatic carbocycles. The van der Waals surface area contributed by atoms with Crippen LogP contribution < -0.4 is 0 Å². The van der Waals surface area contributed by atoms with Gasteiger partial charge in [-0.2, -0.15) is 0 Å². The van der Waals surface area contributed by atoms with Crippen LogP contribution in [-0.4, -0.2) is 15.0 Å². The first-order valence-electron chi connectivity index (χ1n) is 13.6. The standard InChI is InChI=1S/C37H23N3S/c1-3-11-24(12-4-1)31-23-32(25-13-5-2-6-14-25)40-37(39-31)27-21-19-26(20-22-27)35-36-34(28-15-7-9-17-30(28)38-35)29-16-8-10-18-33(29)41-36/h1-23H. The Bertz CT molecular complexity index is 2130. The van der Waals surface area contributed by atoms with E-state index in [-0.39, 0.29) is 0 Å². The van der Waals surface area contributed by atoms with Gasteiger partial charge in [0, 0.05) is 43.1 Å². The van der Waals surface area contributed by atoms with Gasteiger partial charge in [0.2, 0.25) is 0 Å². The Morgan fingerprint density at radius 3 is 1.68 bits per heavy atom. The number of para-hydroxylation sites is 1. The predicted molar refractivity (Wildman–Crippen MR) is 172 cm³/mol. The number of hydrogen-bond donors (Lipinski definition) is 0. The second-order valence-electron chi connectivity index (χ2n) is 10.1. The molecule has 8 rings (SSSR count). The highest BCUT2D eigenvalue weighted by atomic mass is 32.1. The van der Waals surface area contributed by atoms with Crippen LogP contribution in [-0.2, 0) is 0 Å². The molecule has 0 bridgehead atoms. The molecule has 0 fully saturated rings. The second-order valence-corrected chi connectivity index (χ2v) is 11.1. The fraction of sp³-hybridized carbons (Fsp3) is 0. The first-order chi connectivity index (χ1) is 20.3. The SMILES string of the molecule is c1ccc(-c2cc(-c3ccccc3)nc(-c3ccc(-c4nc5ccccc5c5c4sc4ccccc45)cc3)n2)cc1. The maximum atomic E-state index is 5.16. The Labute approximate surface area is 241 Å². The molecule has 0 amide bonds. The average Bonchev–Trinajstić information content (AvgIpc) is 3.45. The third-order valence-corrected chi connectivity index (χ3v) is 8.68. The first-order valence-corrected chi connectivity index (χ1v) is 14.4. The van der Waals surface area contributed by atoms with Gasteiger partial charge < -0.3 is 0 Å². The average molecular weight is 542 g/mol. The van der Waals surface area contributed by atoms with Gasteiger partial charge in [-0.1, -0.05) is 121 Å². The van der Waals surface area contributed by atoms with Crippen molar-refractivity contribution in [2.45, 2.75) is 0 Å². The summed E-state index contributed by atoms with van der Waals surface area (Å²) in [5, 5.41) is 3.75. The molecule has 0 aliphatic carbocycles. The minimum Gasteiger partial charge on any atom is -0.246 e. The molecule has 0 saturated heterocycles. The molecule has 0 N–H and O–H groups in total. The Balaban J connectivity index is 1.28. The normalized spacial score (nSPS) is 11.4. The van der Waals surface area contributed by atoms with Crippen molar-refractivity contribution in [3.63, 3.8) is 0 Å². The number of thiophene rings is 1. The molecule has 0 aliphatic rings. The van der Waals surface area contributed by atoms with E-state index in [4.69, 9.17) is 15.0 Å². The quantitative estimate of drug-likeness (QED) is 0.222. The fourth-order valence-corrected chi connectivity index (χ4v) is 6.72. The summed E-state index contributed by atoms with van der Waals surface area (Å²) in [6.07, 6.45) is 0. The molecule has 0 atom stereocenters. The lowest BCUT2D eigenvalue weighted by Gasteiger charge is -2.10. The summed E-state index contributed by atoms with van der Waals surface area (Å²) in [7, 11) is 0. The number of fused-ring (bicyclic) bond motifs is 5. The van der Waals surface area contributed by atoms with Crippen LogP contribution in [0.5, 0.6) is 0 Å². The van der Waals surface area contributed by atoms with E-state index in [1.807, 2.05) is 47.7 Å². The van der Waals surface area contributed by atoms with E-state index < -0.39 is 0 Å². The van der Waals surface area contributed by atoms with Gasteiger partial charge in [0.1, 0.15) is 0 Å². The zero-order valence-electron chi connectivity index (χ0n) is 22.0. The van der Waals surface area contributed by atoms with Crippen molar-refractivity contribution >= 4 is 42.4 Å². The Kier molecular flexibility index (Phi) is 5.64. The molecule has 192 valence electrons. The van der Waals surface area contributed by atoms with Gasteiger partial charge in [-0.05, 0) is 18.2 Å². The van der Waals surface area contributed by atoms with E-state index in [1.165, 1.54) is 25.6 Å². The summed E-state index contributed by atoms with van der Waals surface area (Å²) >= 11 is 1.81. The molecule has 3 heterocycles. The molecule has 0 saturated carbocycles. The van der Waals surface area contributed by atoms with Crippen LogP contribution in [0.2, 0.25) is 0 Å². The van der Waals surface area contributed by atoms with Crippen molar-refractivity contribution in [3.05, 3.63) is 140 Å². The van der Waals surface area contributed by atoms with Crippen LogP contribution in [0.3, 0.4) is 0 Å². The largest absolute Gasteiger partial charge is 0.246 e. The molecule has 4 heteroatoms. The van der Waals surface area contributed by atoms with E-state index in [0.29, 0.717) is 5.82 Å². The lowest BCUT2D eigenvalue weighted by atomic mass is 10.0. The van der Waals surface area contributed by atoms with Gasteiger partial charge in [0.25, 0.3) is 0 Å². The number of aromatic nitrogens is 3. The van der Waals surface area contributed by atoms with E-state index in [0.717, 1.165) is 44.9 Å². The Hall–Kier alpha value is -5.19. The number of pyridine rings is 1. The molecular weight excluding hydrogens is 518 g/mol. The minimum atomic E-state index is 0.704. The minimum absolute atomic E-state index is 0.704. The monoisotopic (exact) mass is 541 g/mol. The first kappa shape index (κ1) is 23.7. The molecule has 0 unspecified atom stereocenters. The number of hydrogen-bond acceptors (Lipinski definition) is 4. The van der Waals surface area contributed by atoms with Gasteiger partial charge in [-0.15, -0.1) is 11.3 Å². The summed E-state index contributed by atoms with van der Waals surface area (Å²) in [6.45, 7) is 0. The molecule has 8 aromatic rings. The summed E-state index contributed by atoms with van der Waals surface area (Å²) in [5.74, 6) is 0.704. The molecule has 3 aromatic heterocycles. The van der Waals surface area contributed by atoms with Gasteiger partial charge in [0.15, 0.2) is 5.82 Å². The predicted octanol–water partition coefficient (Wildman–Crippen LogP) is 10.1. The summed E-state index contributed by atoms with van der Waals surface area (Å²) in [6, 6.07) is 48.2. The zero-order chi connectivity index (χ0) is 27.2. The van der Waals surface area contributed by atoms with Crippen molar-refractivity contribution in [2.75, 3.05) is 0 Å². The fourth-order valence-electron chi connectivity index (χ4n) is 5.50. The van der Waals surface area contributed by atoms with E-state index in [9.17, 15) is 0 Å². The van der Waals surface area contributed by atoms with Crippen molar-refractivity contribution in [3.8, 4) is 45.2 Å². The number of rotatable bonds is 4. The number of benzene rings is 5. The molecule has 0 aliphatic heterocycles. The smallest absolute Gasteiger partial charge is 0.160 e. The van der Waals surface area contributed by atoms with Crippen molar-refractivity contribution in [1.82, 2.24) is 15.0 Å². The molecule has 0 spiro atoms. The maximum absolute atomic E-state index is 5.16. The second kappa shape index (κ2) is 9.77. The highest BCUT2D eigenvalue weighted by Crippen LogP contribution is 2.42. The van der Waals surface area contributed by atoms with E-state index >= 15 is 0 Å². The molecule has 41 heavy (non-hydrogen) atoms. The summed E-state index contributed by atoms with van der Waals surface area (Å²) in [4.78, 5) is 15.2. The zero-order valence-corrected chi connectivity index (χ0v) is 22.8. The van der Waals surface area contributed by atoms with Crippen LogP contribution in [0.4, 0.5) is 0 Å². The molecule has 3 nitrogen and oxygen atoms in total. The van der Waals surface area contributed by atoms with Gasteiger partial charge in [-0.25, -0.2) is 15.0 Å². The highest BCUT2D eigenvalue weighted by molar-refractivity contribution is 7.26. The van der Waals surface area contributed by atoms with E-state index in [2.05, 4.69) is 103 Å². The summed E-state index contributed by atoms with van der Waals surface area (Å²) < 4.78 is 2.49. The topological polar surface area (TPSA) is 38.7 Å². The number of nitrogens with zero attached hydrogens (tertiary/aromatic N) is 3. The van der Waals surface area contributed by atoms with Gasteiger partial charge in [0.05, 0.1) is 27.3 Å². The van der Waals surface area contributed by atoms with Crippen molar-refractivity contribution < 1.29 is 0 Å². The van der Waals surface area contributed by atoms with Crippen LogP contribution in [0.25, 0.3) is 76.2 Å². The Morgan fingerprint density at radius 2 is 1.00 bits per heavy atom. The van der Waals surface area contributed by atoms with Crippen LogP contribution >= 0.6 is 11.3 Å².